The van der Waals surface area contributed by atoms with Crippen LogP contribution in [0.4, 0.5) is 0 Å². The molecule has 346 valence electrons. The van der Waals surface area contributed by atoms with Crippen molar-refractivity contribution in [3.63, 3.8) is 0 Å². The minimum absolute atomic E-state index is 0.634. The number of hydrogen-bond acceptors (Lipinski definition) is 2. The van der Waals surface area contributed by atoms with Crippen molar-refractivity contribution in [3.8, 4) is 0 Å². The first-order valence-electron chi connectivity index (χ1n) is 28.0. The zero-order valence-electron chi connectivity index (χ0n) is 41.0. The maximum absolute atomic E-state index is 2.75. The van der Waals surface area contributed by atoms with E-state index in [-0.39, 0.29) is 0 Å². The van der Waals surface area contributed by atoms with Gasteiger partial charge in [-0.25, -0.2) is 0 Å². The predicted octanol–water partition coefficient (Wildman–Crippen LogP) is 20.2. The van der Waals surface area contributed by atoms with Gasteiger partial charge in [0, 0.05) is 25.5 Å². The maximum Gasteiger partial charge on any atom is 0.101 e. The Balaban J connectivity index is 2.18. The van der Waals surface area contributed by atoms with Crippen LogP contribution in [-0.2, 0) is 0 Å². The van der Waals surface area contributed by atoms with Crippen molar-refractivity contribution in [2.24, 2.45) is 0 Å². The molecule has 0 saturated heterocycles. The Bertz CT molecular complexity index is 777. The highest BCUT2D eigenvalue weighted by molar-refractivity contribution is 4.97. The molecular formula is C56H112N2. The summed E-state index contributed by atoms with van der Waals surface area (Å²) in [5.41, 5.74) is 0. The van der Waals surface area contributed by atoms with E-state index in [1.54, 1.807) is 0 Å². The normalized spacial score (nSPS) is 14.2. The van der Waals surface area contributed by atoms with Gasteiger partial charge in [-0.05, 0) is 25.7 Å². The largest absolute Gasteiger partial charge is 0.356 e. The van der Waals surface area contributed by atoms with Crippen molar-refractivity contribution < 1.29 is 0 Å². The van der Waals surface area contributed by atoms with Gasteiger partial charge in [0.05, 0.1) is 0 Å². The molecule has 0 aromatic carbocycles. The van der Waals surface area contributed by atoms with Crippen LogP contribution in [0.3, 0.4) is 0 Å². The SMILES string of the molecule is CCCCCCCCCCCCCCCCCCCN1C=CN(CCCCCCCCCCCCCCCCCC)C1CCCCCCCCCCCCCCCC. The van der Waals surface area contributed by atoms with Gasteiger partial charge in [-0.1, -0.05) is 303 Å². The van der Waals surface area contributed by atoms with Crippen LogP contribution < -0.4 is 0 Å². The molecule has 0 fully saturated rings. The predicted molar refractivity (Wildman–Crippen MR) is 265 cm³/mol. The molecule has 1 heterocycles. The lowest BCUT2D eigenvalue weighted by atomic mass is 10.0. The molecule has 2 heteroatoms. The summed E-state index contributed by atoms with van der Waals surface area (Å²) >= 11 is 0. The van der Waals surface area contributed by atoms with Crippen LogP contribution in [0, 0.1) is 0 Å². The molecule has 0 spiro atoms. The van der Waals surface area contributed by atoms with E-state index < -0.39 is 0 Å². The first kappa shape index (κ1) is 55.4. The van der Waals surface area contributed by atoms with Gasteiger partial charge in [0.2, 0.25) is 0 Å². The van der Waals surface area contributed by atoms with Crippen molar-refractivity contribution in [1.82, 2.24) is 9.80 Å². The average molecular weight is 814 g/mol. The summed E-state index contributed by atoms with van der Waals surface area (Å²) in [5, 5.41) is 0. The van der Waals surface area contributed by atoms with Gasteiger partial charge in [0.15, 0.2) is 0 Å². The summed E-state index contributed by atoms with van der Waals surface area (Å²) < 4.78 is 0. The Labute approximate surface area is 369 Å². The van der Waals surface area contributed by atoms with Gasteiger partial charge < -0.3 is 9.80 Å². The van der Waals surface area contributed by atoms with Gasteiger partial charge in [0.25, 0.3) is 0 Å². The summed E-state index contributed by atoms with van der Waals surface area (Å²) in [5.74, 6) is 0. The highest BCUT2D eigenvalue weighted by Crippen LogP contribution is 2.25. The Hall–Kier alpha value is -0.660. The van der Waals surface area contributed by atoms with Crippen LogP contribution in [0.15, 0.2) is 12.4 Å². The summed E-state index contributed by atoms with van der Waals surface area (Å²) in [7, 11) is 0. The Kier molecular flexibility index (Phi) is 45.2. The lowest BCUT2D eigenvalue weighted by Crippen LogP contribution is -2.39. The molecule has 0 aromatic rings. The number of unbranched alkanes of at least 4 members (excludes halogenated alkanes) is 44. The molecule has 0 aliphatic carbocycles. The molecule has 2 nitrogen and oxygen atoms in total. The average Bonchev–Trinajstić information content (AvgIpc) is 3.62. The molecule has 1 unspecified atom stereocenters. The van der Waals surface area contributed by atoms with Crippen LogP contribution in [-0.4, -0.2) is 29.1 Å². The Morgan fingerprint density at radius 2 is 0.397 bits per heavy atom. The monoisotopic (exact) mass is 813 g/mol. The lowest BCUT2D eigenvalue weighted by Gasteiger charge is -2.33. The van der Waals surface area contributed by atoms with E-state index in [1.807, 2.05) is 0 Å². The second-order valence-corrected chi connectivity index (χ2v) is 19.6. The molecule has 58 heavy (non-hydrogen) atoms. The number of nitrogens with zero attached hydrogens (tertiary/aromatic N) is 2. The van der Waals surface area contributed by atoms with Crippen LogP contribution in [0.5, 0.6) is 0 Å². The summed E-state index contributed by atoms with van der Waals surface area (Å²) in [6.07, 6.45) is 75.3. The fourth-order valence-electron chi connectivity index (χ4n) is 9.72. The second kappa shape index (κ2) is 47.4. The molecule has 0 amide bonds. The van der Waals surface area contributed by atoms with Crippen LogP contribution in [0.1, 0.15) is 329 Å². The third-order valence-corrected chi connectivity index (χ3v) is 13.8. The number of rotatable bonds is 50. The van der Waals surface area contributed by atoms with Crippen LogP contribution in [0.25, 0.3) is 0 Å². The first-order valence-corrected chi connectivity index (χ1v) is 28.0. The molecule has 0 N–H and O–H groups in total. The van der Waals surface area contributed by atoms with Crippen molar-refractivity contribution in [3.05, 3.63) is 12.4 Å². The summed E-state index contributed by atoms with van der Waals surface area (Å²) in [6, 6.07) is 0. The smallest absolute Gasteiger partial charge is 0.101 e. The zero-order chi connectivity index (χ0) is 41.5. The van der Waals surface area contributed by atoms with Crippen molar-refractivity contribution in [1.29, 1.82) is 0 Å². The molecule has 1 aliphatic heterocycles. The fourth-order valence-corrected chi connectivity index (χ4v) is 9.72. The van der Waals surface area contributed by atoms with Crippen molar-refractivity contribution >= 4 is 0 Å². The van der Waals surface area contributed by atoms with E-state index in [0.29, 0.717) is 6.17 Å². The van der Waals surface area contributed by atoms with E-state index in [1.165, 1.54) is 321 Å². The van der Waals surface area contributed by atoms with E-state index in [4.69, 9.17) is 0 Å². The quantitative estimate of drug-likeness (QED) is 0.0565. The molecule has 0 aromatic heterocycles. The van der Waals surface area contributed by atoms with E-state index >= 15 is 0 Å². The topological polar surface area (TPSA) is 6.48 Å². The standard InChI is InChI=1S/C56H112N2/c1-4-7-10-13-16-19-22-25-28-30-32-35-38-41-44-47-50-53-58-55-54-57(52-49-46-43-40-37-34-31-29-26-23-20-17-14-11-8-5-2)56(58)51-48-45-42-39-36-33-27-24-21-18-15-12-9-6-3/h54-56H,4-53H2,1-3H3. The second-order valence-electron chi connectivity index (χ2n) is 19.6. The minimum atomic E-state index is 0.634. The van der Waals surface area contributed by atoms with Gasteiger partial charge in [0.1, 0.15) is 6.17 Å². The molecule has 0 radical (unpaired) electrons. The van der Waals surface area contributed by atoms with Crippen molar-refractivity contribution in [2.45, 2.75) is 335 Å². The minimum Gasteiger partial charge on any atom is -0.356 e. The molecule has 1 aliphatic rings. The van der Waals surface area contributed by atoms with Gasteiger partial charge in [-0.15, -0.1) is 0 Å². The molecule has 0 saturated carbocycles. The fraction of sp³-hybridized carbons (Fsp3) is 0.964. The summed E-state index contributed by atoms with van der Waals surface area (Å²) in [6.45, 7) is 9.50. The van der Waals surface area contributed by atoms with Gasteiger partial charge >= 0.3 is 0 Å². The highest BCUT2D eigenvalue weighted by Gasteiger charge is 2.25. The van der Waals surface area contributed by atoms with Gasteiger partial charge in [-0.3, -0.25) is 0 Å². The number of hydrogen-bond donors (Lipinski definition) is 0. The Morgan fingerprint density at radius 1 is 0.224 bits per heavy atom. The molecule has 0 bridgehead atoms. The molecule has 1 rings (SSSR count). The van der Waals surface area contributed by atoms with Gasteiger partial charge in [-0.2, -0.15) is 0 Å². The maximum atomic E-state index is 2.75. The van der Waals surface area contributed by atoms with E-state index in [9.17, 15) is 0 Å². The Morgan fingerprint density at radius 3 is 0.603 bits per heavy atom. The third kappa shape index (κ3) is 38.3. The highest BCUT2D eigenvalue weighted by atomic mass is 15.4. The first-order chi connectivity index (χ1) is 28.8. The van der Waals surface area contributed by atoms with E-state index in [0.717, 1.165) is 0 Å². The van der Waals surface area contributed by atoms with Crippen LogP contribution in [0.2, 0.25) is 0 Å². The van der Waals surface area contributed by atoms with E-state index in [2.05, 4.69) is 43.0 Å². The summed E-state index contributed by atoms with van der Waals surface area (Å²) in [4.78, 5) is 5.50. The van der Waals surface area contributed by atoms with Crippen LogP contribution >= 0.6 is 0 Å². The molecule has 1 atom stereocenters. The van der Waals surface area contributed by atoms with Crippen molar-refractivity contribution in [2.75, 3.05) is 13.1 Å². The zero-order valence-corrected chi connectivity index (χ0v) is 41.0. The molecular weight excluding hydrogens is 701 g/mol. The third-order valence-electron chi connectivity index (χ3n) is 13.8. The lowest BCUT2D eigenvalue weighted by molar-refractivity contribution is 0.135.